The molecule has 0 saturated heterocycles. The molecule has 0 bridgehead atoms. The molecule has 0 aromatic carbocycles. The topological polar surface area (TPSA) is 118 Å². The molecule has 1 amide bonds. The Kier molecular flexibility index (Phi) is 4.44. The van der Waals surface area contributed by atoms with Gasteiger partial charge < -0.3 is 11.1 Å². The molecule has 2 aliphatic rings. The van der Waals surface area contributed by atoms with Crippen LogP contribution in [0.4, 0.5) is 11.6 Å². The SMILES string of the molecule is C/C(C(=O)Nc1cc2cc(-c3cnccc3C)nc(N)c2cn1)=C1/C[C@@H]2[C@H](C#N)[C@@H]2C1. The van der Waals surface area contributed by atoms with E-state index in [1.165, 1.54) is 0 Å². The maximum Gasteiger partial charge on any atom is 0.252 e. The number of aromatic nitrogens is 3. The first-order valence-corrected chi connectivity index (χ1v) is 10.3. The minimum Gasteiger partial charge on any atom is -0.383 e. The van der Waals surface area contributed by atoms with Crippen molar-refractivity contribution >= 4 is 28.3 Å². The highest BCUT2D eigenvalue weighted by molar-refractivity contribution is 6.04. The molecular formula is C24H22N6O. The third-order valence-electron chi connectivity index (χ3n) is 6.62. The number of nitrogens with zero attached hydrogens (tertiary/aromatic N) is 4. The number of allylic oxidation sites excluding steroid dienone is 1. The Balaban J connectivity index is 1.41. The lowest BCUT2D eigenvalue weighted by Gasteiger charge is -2.11. The summed E-state index contributed by atoms with van der Waals surface area (Å²) in [6.45, 7) is 3.85. The molecule has 3 heterocycles. The van der Waals surface area contributed by atoms with Gasteiger partial charge in [0.1, 0.15) is 11.6 Å². The molecule has 154 valence electrons. The van der Waals surface area contributed by atoms with Crippen molar-refractivity contribution in [2.45, 2.75) is 26.7 Å². The zero-order valence-electron chi connectivity index (χ0n) is 17.4. The lowest BCUT2D eigenvalue weighted by atomic mass is 10.0. The maximum atomic E-state index is 12.8. The molecule has 31 heavy (non-hydrogen) atoms. The van der Waals surface area contributed by atoms with Crippen LogP contribution in [0.1, 0.15) is 25.3 Å². The van der Waals surface area contributed by atoms with Crippen LogP contribution in [0.2, 0.25) is 0 Å². The van der Waals surface area contributed by atoms with Crippen LogP contribution in [-0.4, -0.2) is 20.9 Å². The van der Waals surface area contributed by atoms with Crippen LogP contribution >= 0.6 is 0 Å². The lowest BCUT2D eigenvalue weighted by molar-refractivity contribution is -0.112. The summed E-state index contributed by atoms with van der Waals surface area (Å²) in [6, 6.07) is 8.04. The van der Waals surface area contributed by atoms with E-state index in [2.05, 4.69) is 26.3 Å². The van der Waals surface area contributed by atoms with Crippen LogP contribution < -0.4 is 11.1 Å². The zero-order chi connectivity index (χ0) is 21.7. The number of amides is 1. The second-order valence-corrected chi connectivity index (χ2v) is 8.45. The fourth-order valence-corrected chi connectivity index (χ4v) is 4.63. The maximum absolute atomic E-state index is 12.8. The Bertz CT molecular complexity index is 1290. The molecule has 2 saturated carbocycles. The number of nitrogens with two attached hydrogens (primary N) is 1. The number of pyridine rings is 3. The molecule has 3 N–H and O–H groups in total. The van der Waals surface area contributed by atoms with Gasteiger partial charge in [-0.25, -0.2) is 9.97 Å². The van der Waals surface area contributed by atoms with E-state index in [1.54, 1.807) is 18.6 Å². The fourth-order valence-electron chi connectivity index (χ4n) is 4.63. The Labute approximate surface area is 180 Å². The van der Waals surface area contributed by atoms with Crippen LogP contribution in [0.25, 0.3) is 22.0 Å². The standard InChI is InChI=1S/C24H22N6O/c1-12-3-4-27-10-19(12)21-7-15-8-22(28-11-20(15)23(26)29-21)30-24(31)13(2)14-5-16-17(6-14)18(16)9-25/h3-4,7-8,10-11,16-18H,5-6H2,1-2H3,(H2,26,29)(H,28,30,31)/b14-13-/t16-,17+,18-/m1/s1. The van der Waals surface area contributed by atoms with Crippen molar-refractivity contribution in [2.24, 2.45) is 17.8 Å². The predicted octanol–water partition coefficient (Wildman–Crippen LogP) is 4.02. The van der Waals surface area contributed by atoms with Crippen molar-refractivity contribution < 1.29 is 4.79 Å². The molecule has 7 nitrogen and oxygen atoms in total. The van der Waals surface area contributed by atoms with E-state index in [9.17, 15) is 4.79 Å². The Morgan fingerprint density at radius 3 is 2.74 bits per heavy atom. The second-order valence-electron chi connectivity index (χ2n) is 8.45. The second kappa shape index (κ2) is 7.17. The minimum absolute atomic E-state index is 0.151. The van der Waals surface area contributed by atoms with Crippen molar-refractivity contribution in [1.82, 2.24) is 15.0 Å². The van der Waals surface area contributed by atoms with Gasteiger partial charge in [0.25, 0.3) is 5.91 Å². The lowest BCUT2D eigenvalue weighted by Crippen LogP contribution is -2.15. The number of hydrogen-bond acceptors (Lipinski definition) is 6. The van der Waals surface area contributed by atoms with E-state index in [1.807, 2.05) is 32.0 Å². The quantitative estimate of drug-likeness (QED) is 0.630. The van der Waals surface area contributed by atoms with Gasteiger partial charge in [0.2, 0.25) is 0 Å². The van der Waals surface area contributed by atoms with E-state index in [0.29, 0.717) is 23.5 Å². The highest BCUT2D eigenvalue weighted by Gasteiger charge is 2.55. The third-order valence-corrected chi connectivity index (χ3v) is 6.62. The average Bonchev–Trinajstić information content (AvgIpc) is 3.23. The number of nitrogens with one attached hydrogen (secondary N) is 1. The van der Waals surface area contributed by atoms with E-state index >= 15 is 0 Å². The van der Waals surface area contributed by atoms with E-state index in [0.717, 1.165) is 51.6 Å². The molecule has 0 unspecified atom stereocenters. The van der Waals surface area contributed by atoms with Gasteiger partial charge in [-0.1, -0.05) is 5.57 Å². The van der Waals surface area contributed by atoms with Crippen LogP contribution in [-0.2, 0) is 4.79 Å². The van der Waals surface area contributed by atoms with Gasteiger partial charge in [-0.2, -0.15) is 5.26 Å². The van der Waals surface area contributed by atoms with Crippen molar-refractivity contribution in [3.8, 4) is 17.3 Å². The first-order chi connectivity index (χ1) is 15.0. The number of carbonyl (C=O) groups is 1. The van der Waals surface area contributed by atoms with Crippen molar-refractivity contribution in [1.29, 1.82) is 5.26 Å². The van der Waals surface area contributed by atoms with Gasteiger partial charge in [-0.3, -0.25) is 9.78 Å². The van der Waals surface area contributed by atoms with Gasteiger partial charge in [-0.05, 0) is 67.7 Å². The Morgan fingerprint density at radius 1 is 1.26 bits per heavy atom. The van der Waals surface area contributed by atoms with Gasteiger partial charge in [0.05, 0.1) is 17.7 Å². The Morgan fingerprint density at radius 2 is 2.03 bits per heavy atom. The van der Waals surface area contributed by atoms with Gasteiger partial charge in [-0.15, -0.1) is 0 Å². The molecular weight excluding hydrogens is 388 g/mol. The summed E-state index contributed by atoms with van der Waals surface area (Å²) in [5.74, 6) is 1.75. The number of hydrogen-bond donors (Lipinski definition) is 2. The van der Waals surface area contributed by atoms with Crippen molar-refractivity contribution in [3.05, 3.63) is 53.5 Å². The fraction of sp³-hybridized carbons (Fsp3) is 0.292. The molecule has 7 heteroatoms. The van der Waals surface area contributed by atoms with E-state index in [-0.39, 0.29) is 11.8 Å². The molecule has 2 fully saturated rings. The minimum atomic E-state index is -0.151. The van der Waals surface area contributed by atoms with E-state index < -0.39 is 0 Å². The Hall–Kier alpha value is -3.79. The third kappa shape index (κ3) is 3.30. The van der Waals surface area contributed by atoms with Crippen LogP contribution in [0, 0.1) is 36.0 Å². The molecule has 3 aromatic rings. The van der Waals surface area contributed by atoms with Crippen LogP contribution in [0.3, 0.4) is 0 Å². The van der Waals surface area contributed by atoms with Gasteiger partial charge in [0.15, 0.2) is 0 Å². The molecule has 3 atom stereocenters. The summed E-state index contributed by atoms with van der Waals surface area (Å²) in [5.41, 5.74) is 10.8. The number of rotatable bonds is 3. The summed E-state index contributed by atoms with van der Waals surface area (Å²) < 4.78 is 0. The summed E-state index contributed by atoms with van der Waals surface area (Å²) in [7, 11) is 0. The largest absolute Gasteiger partial charge is 0.383 e. The smallest absolute Gasteiger partial charge is 0.252 e. The first-order valence-electron chi connectivity index (χ1n) is 10.3. The first kappa shape index (κ1) is 19.2. The van der Waals surface area contributed by atoms with Gasteiger partial charge >= 0.3 is 0 Å². The molecule has 0 spiro atoms. The number of nitrogen functional groups attached to an aromatic ring is 1. The monoisotopic (exact) mass is 410 g/mol. The average molecular weight is 410 g/mol. The van der Waals surface area contributed by atoms with Crippen molar-refractivity contribution in [3.63, 3.8) is 0 Å². The number of nitriles is 1. The number of anilines is 2. The highest BCUT2D eigenvalue weighted by Crippen LogP contribution is 2.59. The normalized spacial score (nSPS) is 23.2. The summed E-state index contributed by atoms with van der Waals surface area (Å²) in [6.07, 6.45) is 6.85. The zero-order valence-corrected chi connectivity index (χ0v) is 17.4. The summed E-state index contributed by atoms with van der Waals surface area (Å²) in [4.78, 5) is 25.8. The van der Waals surface area contributed by atoms with Crippen molar-refractivity contribution in [2.75, 3.05) is 11.1 Å². The predicted molar refractivity (Wildman–Crippen MR) is 119 cm³/mol. The van der Waals surface area contributed by atoms with Crippen LogP contribution in [0.15, 0.2) is 47.9 Å². The van der Waals surface area contributed by atoms with E-state index in [4.69, 9.17) is 11.0 Å². The molecule has 2 aliphatic carbocycles. The molecule has 0 aliphatic heterocycles. The summed E-state index contributed by atoms with van der Waals surface area (Å²) in [5, 5.41) is 13.6. The number of carbonyl (C=O) groups excluding carboxylic acids is 1. The number of aryl methyl sites for hydroxylation is 1. The molecule has 3 aromatic heterocycles. The van der Waals surface area contributed by atoms with Gasteiger partial charge in [0, 0.05) is 35.1 Å². The molecule has 5 rings (SSSR count). The molecule has 0 radical (unpaired) electrons. The van der Waals surface area contributed by atoms with Crippen LogP contribution in [0.5, 0.6) is 0 Å². The highest BCUT2D eigenvalue weighted by atomic mass is 16.1. The summed E-state index contributed by atoms with van der Waals surface area (Å²) >= 11 is 0. The number of fused-ring (bicyclic) bond motifs is 2.